The SMILES string of the molecule is COc1ccc(F)cc1C(=O)Nc1cn(C)nc1C. The predicted octanol–water partition coefficient (Wildman–Crippen LogP) is 2.13. The summed E-state index contributed by atoms with van der Waals surface area (Å²) in [6, 6.07) is 3.80. The smallest absolute Gasteiger partial charge is 0.259 e. The van der Waals surface area contributed by atoms with Gasteiger partial charge in [0.25, 0.3) is 5.91 Å². The maximum atomic E-state index is 13.2. The highest BCUT2D eigenvalue weighted by molar-refractivity contribution is 6.06. The van der Waals surface area contributed by atoms with Gasteiger partial charge >= 0.3 is 0 Å². The number of nitrogens with one attached hydrogen (secondary N) is 1. The molecule has 2 aromatic rings. The molecule has 0 radical (unpaired) electrons. The maximum absolute atomic E-state index is 13.2. The number of methoxy groups -OCH3 is 1. The molecular formula is C13H14FN3O2. The van der Waals surface area contributed by atoms with Crippen molar-refractivity contribution < 1.29 is 13.9 Å². The van der Waals surface area contributed by atoms with E-state index in [1.165, 1.54) is 19.2 Å². The average molecular weight is 263 g/mol. The number of ether oxygens (including phenoxy) is 1. The van der Waals surface area contributed by atoms with Gasteiger partial charge in [-0.15, -0.1) is 0 Å². The van der Waals surface area contributed by atoms with Gasteiger partial charge in [0.05, 0.1) is 24.1 Å². The van der Waals surface area contributed by atoms with Gasteiger partial charge in [0, 0.05) is 13.2 Å². The standard InChI is InChI=1S/C13H14FN3O2/c1-8-11(7-17(2)16-8)15-13(18)10-6-9(14)4-5-12(10)19-3/h4-7H,1-3H3,(H,15,18). The summed E-state index contributed by atoms with van der Waals surface area (Å²) in [5.41, 5.74) is 1.41. The highest BCUT2D eigenvalue weighted by Gasteiger charge is 2.15. The lowest BCUT2D eigenvalue weighted by molar-refractivity contribution is 0.102. The van der Waals surface area contributed by atoms with E-state index in [1.54, 1.807) is 24.9 Å². The van der Waals surface area contributed by atoms with Crippen molar-refractivity contribution in [1.29, 1.82) is 0 Å². The molecule has 1 heterocycles. The Kier molecular flexibility index (Phi) is 3.50. The zero-order valence-corrected chi connectivity index (χ0v) is 10.9. The van der Waals surface area contributed by atoms with Crippen LogP contribution in [0.4, 0.5) is 10.1 Å². The van der Waals surface area contributed by atoms with Crippen molar-refractivity contribution in [3.05, 3.63) is 41.5 Å². The largest absolute Gasteiger partial charge is 0.496 e. The fourth-order valence-electron chi connectivity index (χ4n) is 1.77. The normalized spacial score (nSPS) is 10.3. The quantitative estimate of drug-likeness (QED) is 0.923. The van der Waals surface area contributed by atoms with Crippen LogP contribution >= 0.6 is 0 Å². The van der Waals surface area contributed by atoms with Crippen molar-refractivity contribution in [3.8, 4) is 5.75 Å². The Labute approximate surface area is 110 Å². The Morgan fingerprint density at radius 3 is 2.79 bits per heavy atom. The van der Waals surface area contributed by atoms with E-state index < -0.39 is 11.7 Å². The molecule has 0 aliphatic rings. The van der Waals surface area contributed by atoms with Crippen LogP contribution in [0.3, 0.4) is 0 Å². The molecule has 5 nitrogen and oxygen atoms in total. The summed E-state index contributed by atoms with van der Waals surface area (Å²) in [7, 11) is 3.19. The third-order valence-corrected chi connectivity index (χ3v) is 2.67. The van der Waals surface area contributed by atoms with Crippen LogP contribution in [0.15, 0.2) is 24.4 Å². The minimum Gasteiger partial charge on any atom is -0.496 e. The summed E-state index contributed by atoms with van der Waals surface area (Å²) in [5, 5.41) is 6.79. The number of rotatable bonds is 3. The molecular weight excluding hydrogens is 249 g/mol. The van der Waals surface area contributed by atoms with Gasteiger partial charge < -0.3 is 10.1 Å². The van der Waals surface area contributed by atoms with Crippen molar-refractivity contribution in [2.24, 2.45) is 7.05 Å². The van der Waals surface area contributed by atoms with Gasteiger partial charge in [-0.25, -0.2) is 4.39 Å². The third-order valence-electron chi connectivity index (χ3n) is 2.67. The summed E-state index contributed by atoms with van der Waals surface area (Å²) in [6.07, 6.45) is 1.68. The van der Waals surface area contributed by atoms with Gasteiger partial charge in [0.1, 0.15) is 11.6 Å². The molecule has 0 fully saturated rings. The Balaban J connectivity index is 2.29. The molecule has 0 unspecified atom stereocenters. The fourth-order valence-corrected chi connectivity index (χ4v) is 1.77. The van der Waals surface area contributed by atoms with Crippen molar-refractivity contribution in [2.45, 2.75) is 6.92 Å². The Morgan fingerprint density at radius 1 is 1.47 bits per heavy atom. The van der Waals surface area contributed by atoms with E-state index in [0.717, 1.165) is 6.07 Å². The monoisotopic (exact) mass is 263 g/mol. The lowest BCUT2D eigenvalue weighted by Gasteiger charge is -2.08. The van der Waals surface area contributed by atoms with Gasteiger partial charge in [-0.1, -0.05) is 0 Å². The van der Waals surface area contributed by atoms with Crippen molar-refractivity contribution >= 4 is 11.6 Å². The number of aryl methyl sites for hydroxylation is 2. The first-order valence-corrected chi connectivity index (χ1v) is 5.66. The lowest BCUT2D eigenvalue weighted by Crippen LogP contribution is -2.13. The molecule has 1 N–H and O–H groups in total. The van der Waals surface area contributed by atoms with Crippen LogP contribution in [0.25, 0.3) is 0 Å². The number of carbonyl (C=O) groups is 1. The van der Waals surface area contributed by atoms with Gasteiger partial charge in [-0.3, -0.25) is 9.48 Å². The zero-order chi connectivity index (χ0) is 14.0. The number of carbonyl (C=O) groups excluding carboxylic acids is 1. The topological polar surface area (TPSA) is 56.1 Å². The second-order valence-electron chi connectivity index (χ2n) is 4.10. The highest BCUT2D eigenvalue weighted by Crippen LogP contribution is 2.21. The van der Waals surface area contributed by atoms with Crippen LogP contribution in [0.1, 0.15) is 16.1 Å². The van der Waals surface area contributed by atoms with E-state index in [9.17, 15) is 9.18 Å². The fraction of sp³-hybridized carbons (Fsp3) is 0.231. The number of hydrogen-bond donors (Lipinski definition) is 1. The van der Waals surface area contributed by atoms with Gasteiger partial charge in [0.15, 0.2) is 0 Å². The molecule has 19 heavy (non-hydrogen) atoms. The van der Waals surface area contributed by atoms with Gasteiger partial charge in [0.2, 0.25) is 0 Å². The molecule has 2 rings (SSSR count). The number of aromatic nitrogens is 2. The molecule has 0 atom stereocenters. The summed E-state index contributed by atoms with van der Waals surface area (Å²) in [4.78, 5) is 12.1. The molecule has 1 amide bonds. The molecule has 100 valence electrons. The molecule has 0 spiro atoms. The first-order valence-electron chi connectivity index (χ1n) is 5.66. The third kappa shape index (κ3) is 2.73. The Morgan fingerprint density at radius 2 is 2.21 bits per heavy atom. The molecule has 0 bridgehead atoms. The van der Waals surface area contributed by atoms with Crippen molar-refractivity contribution in [1.82, 2.24) is 9.78 Å². The summed E-state index contributed by atoms with van der Waals surface area (Å²) in [6.45, 7) is 1.78. The lowest BCUT2D eigenvalue weighted by atomic mass is 10.1. The van der Waals surface area contributed by atoms with E-state index in [4.69, 9.17) is 4.74 Å². The minimum absolute atomic E-state index is 0.144. The zero-order valence-electron chi connectivity index (χ0n) is 10.9. The molecule has 1 aromatic heterocycles. The van der Waals surface area contributed by atoms with Crippen molar-refractivity contribution in [2.75, 3.05) is 12.4 Å². The van der Waals surface area contributed by atoms with Crippen molar-refractivity contribution in [3.63, 3.8) is 0 Å². The van der Waals surface area contributed by atoms with Crippen LogP contribution in [0, 0.1) is 12.7 Å². The van der Waals surface area contributed by atoms with Crippen LogP contribution in [-0.2, 0) is 7.05 Å². The number of benzene rings is 1. The molecule has 1 aromatic carbocycles. The summed E-state index contributed by atoms with van der Waals surface area (Å²) >= 11 is 0. The number of nitrogens with zero attached hydrogens (tertiary/aromatic N) is 2. The summed E-state index contributed by atoms with van der Waals surface area (Å²) < 4.78 is 19.9. The van der Waals surface area contributed by atoms with Crippen LogP contribution in [-0.4, -0.2) is 22.8 Å². The predicted molar refractivity (Wildman–Crippen MR) is 68.9 cm³/mol. The number of hydrogen-bond acceptors (Lipinski definition) is 3. The van der Waals surface area contributed by atoms with E-state index in [1.807, 2.05) is 0 Å². The molecule has 0 aliphatic carbocycles. The minimum atomic E-state index is -0.492. The summed E-state index contributed by atoms with van der Waals surface area (Å²) in [5.74, 6) is -0.609. The van der Waals surface area contributed by atoms with Crippen LogP contribution < -0.4 is 10.1 Å². The van der Waals surface area contributed by atoms with E-state index >= 15 is 0 Å². The number of anilines is 1. The number of amides is 1. The van der Waals surface area contributed by atoms with Gasteiger partial charge in [-0.2, -0.15) is 5.10 Å². The highest BCUT2D eigenvalue weighted by atomic mass is 19.1. The van der Waals surface area contributed by atoms with Gasteiger partial charge in [-0.05, 0) is 25.1 Å². The first kappa shape index (κ1) is 13.1. The Bertz CT molecular complexity index is 622. The van der Waals surface area contributed by atoms with Crippen LogP contribution in [0.2, 0.25) is 0 Å². The van der Waals surface area contributed by atoms with E-state index in [-0.39, 0.29) is 5.56 Å². The Hall–Kier alpha value is -2.37. The van der Waals surface area contributed by atoms with Crippen LogP contribution in [0.5, 0.6) is 5.75 Å². The van der Waals surface area contributed by atoms with E-state index in [0.29, 0.717) is 17.1 Å². The average Bonchev–Trinajstić information content (AvgIpc) is 2.67. The molecule has 0 saturated heterocycles. The maximum Gasteiger partial charge on any atom is 0.259 e. The second-order valence-corrected chi connectivity index (χ2v) is 4.10. The first-order chi connectivity index (χ1) is 9.01. The molecule has 0 saturated carbocycles. The van der Waals surface area contributed by atoms with E-state index in [2.05, 4.69) is 10.4 Å². The second kappa shape index (κ2) is 5.09. The number of halogens is 1. The molecule has 6 heteroatoms. The molecule has 0 aliphatic heterocycles.